The number of hydrogen-bond donors (Lipinski definition) is 1. The standard InChI is InChI=1S/C13H15FN2S/c1-9(6-7-15)12-8-17-13(16-12)10-4-2-3-5-11(10)14/h2-5,8-9H,6-7,15H2,1H3. The van der Waals surface area contributed by atoms with Crippen molar-refractivity contribution in [2.75, 3.05) is 6.54 Å². The number of aromatic nitrogens is 1. The first kappa shape index (κ1) is 12.2. The summed E-state index contributed by atoms with van der Waals surface area (Å²) >= 11 is 1.48. The Hall–Kier alpha value is -1.26. The minimum Gasteiger partial charge on any atom is -0.330 e. The molecule has 0 spiro atoms. The van der Waals surface area contributed by atoms with Crippen LogP contribution in [0.1, 0.15) is 25.0 Å². The summed E-state index contributed by atoms with van der Waals surface area (Å²) in [7, 11) is 0. The van der Waals surface area contributed by atoms with E-state index in [1.54, 1.807) is 12.1 Å². The Morgan fingerprint density at radius 3 is 2.88 bits per heavy atom. The first-order valence-electron chi connectivity index (χ1n) is 5.62. The van der Waals surface area contributed by atoms with Crippen LogP contribution in [0.5, 0.6) is 0 Å². The van der Waals surface area contributed by atoms with Gasteiger partial charge in [0.25, 0.3) is 0 Å². The molecule has 1 atom stereocenters. The lowest BCUT2D eigenvalue weighted by Crippen LogP contribution is -2.04. The smallest absolute Gasteiger partial charge is 0.133 e. The van der Waals surface area contributed by atoms with E-state index in [4.69, 9.17) is 5.73 Å². The van der Waals surface area contributed by atoms with Crippen molar-refractivity contribution >= 4 is 11.3 Å². The van der Waals surface area contributed by atoms with E-state index in [2.05, 4.69) is 11.9 Å². The van der Waals surface area contributed by atoms with E-state index < -0.39 is 0 Å². The zero-order valence-corrected chi connectivity index (χ0v) is 10.5. The Bertz CT molecular complexity index is 496. The summed E-state index contributed by atoms with van der Waals surface area (Å²) in [6, 6.07) is 6.72. The molecule has 0 fully saturated rings. The molecule has 2 N–H and O–H groups in total. The first-order chi connectivity index (χ1) is 8.22. The SMILES string of the molecule is CC(CCN)c1csc(-c2ccccc2F)n1. The molecule has 1 aromatic heterocycles. The molecule has 0 bridgehead atoms. The average Bonchev–Trinajstić information content (AvgIpc) is 2.79. The minimum absolute atomic E-state index is 0.222. The molecule has 4 heteroatoms. The highest BCUT2D eigenvalue weighted by molar-refractivity contribution is 7.13. The van der Waals surface area contributed by atoms with Crippen LogP contribution >= 0.6 is 11.3 Å². The van der Waals surface area contributed by atoms with Crippen LogP contribution in [0.4, 0.5) is 4.39 Å². The monoisotopic (exact) mass is 250 g/mol. The van der Waals surface area contributed by atoms with Crippen LogP contribution in [0.25, 0.3) is 10.6 Å². The number of rotatable bonds is 4. The number of hydrogen-bond acceptors (Lipinski definition) is 3. The number of thiazole rings is 1. The molecule has 0 amide bonds. The van der Waals surface area contributed by atoms with Crippen molar-refractivity contribution in [2.24, 2.45) is 5.73 Å². The topological polar surface area (TPSA) is 38.9 Å². The summed E-state index contributed by atoms with van der Waals surface area (Å²) in [5.74, 6) is 0.108. The van der Waals surface area contributed by atoms with Gasteiger partial charge in [-0.2, -0.15) is 0 Å². The fourth-order valence-corrected chi connectivity index (χ4v) is 2.64. The van der Waals surface area contributed by atoms with E-state index in [-0.39, 0.29) is 5.82 Å². The van der Waals surface area contributed by atoms with Crippen LogP contribution in [0, 0.1) is 5.82 Å². The van der Waals surface area contributed by atoms with Crippen LogP contribution in [-0.2, 0) is 0 Å². The zero-order chi connectivity index (χ0) is 12.3. The molecule has 2 nitrogen and oxygen atoms in total. The Kier molecular flexibility index (Phi) is 3.86. The van der Waals surface area contributed by atoms with E-state index in [1.807, 2.05) is 11.4 Å². The van der Waals surface area contributed by atoms with Gasteiger partial charge in [-0.3, -0.25) is 0 Å². The van der Waals surface area contributed by atoms with Crippen molar-refractivity contribution in [2.45, 2.75) is 19.3 Å². The lowest BCUT2D eigenvalue weighted by Gasteiger charge is -2.05. The Morgan fingerprint density at radius 1 is 1.41 bits per heavy atom. The molecule has 0 saturated carbocycles. The molecular weight excluding hydrogens is 235 g/mol. The maximum Gasteiger partial charge on any atom is 0.133 e. The van der Waals surface area contributed by atoms with Gasteiger partial charge >= 0.3 is 0 Å². The molecule has 0 radical (unpaired) electrons. The number of benzene rings is 1. The largest absolute Gasteiger partial charge is 0.330 e. The van der Waals surface area contributed by atoms with E-state index >= 15 is 0 Å². The van der Waals surface area contributed by atoms with Crippen molar-refractivity contribution in [3.63, 3.8) is 0 Å². The minimum atomic E-state index is -0.222. The molecule has 17 heavy (non-hydrogen) atoms. The normalized spacial score (nSPS) is 12.6. The van der Waals surface area contributed by atoms with E-state index in [9.17, 15) is 4.39 Å². The second-order valence-corrected chi connectivity index (χ2v) is 4.89. The van der Waals surface area contributed by atoms with Crippen LogP contribution in [0.2, 0.25) is 0 Å². The molecule has 0 saturated heterocycles. The van der Waals surface area contributed by atoms with Gasteiger partial charge in [-0.15, -0.1) is 11.3 Å². The highest BCUT2D eigenvalue weighted by atomic mass is 32.1. The average molecular weight is 250 g/mol. The summed E-state index contributed by atoms with van der Waals surface area (Å²) in [4.78, 5) is 4.48. The van der Waals surface area contributed by atoms with Gasteiger partial charge in [0, 0.05) is 16.9 Å². The third-order valence-electron chi connectivity index (χ3n) is 2.73. The molecule has 2 rings (SSSR count). The van der Waals surface area contributed by atoms with Gasteiger partial charge in [0.2, 0.25) is 0 Å². The van der Waals surface area contributed by atoms with E-state index in [1.165, 1.54) is 17.4 Å². The molecule has 0 aliphatic rings. The molecule has 1 heterocycles. The number of halogens is 1. The van der Waals surface area contributed by atoms with Gasteiger partial charge in [0.15, 0.2) is 0 Å². The maximum absolute atomic E-state index is 13.6. The Labute approximate surface area is 104 Å². The third-order valence-corrected chi connectivity index (χ3v) is 3.62. The highest BCUT2D eigenvalue weighted by Crippen LogP contribution is 2.29. The Balaban J connectivity index is 2.27. The summed E-state index contributed by atoms with van der Waals surface area (Å²) in [6.45, 7) is 2.74. The van der Waals surface area contributed by atoms with E-state index in [0.29, 0.717) is 18.0 Å². The number of nitrogens with zero attached hydrogens (tertiary/aromatic N) is 1. The van der Waals surface area contributed by atoms with Gasteiger partial charge in [-0.1, -0.05) is 19.1 Å². The van der Waals surface area contributed by atoms with Crippen molar-refractivity contribution in [1.29, 1.82) is 0 Å². The van der Waals surface area contributed by atoms with Gasteiger partial charge in [-0.25, -0.2) is 9.37 Å². The molecule has 0 aliphatic carbocycles. The summed E-state index contributed by atoms with van der Waals surface area (Å²) in [5.41, 5.74) is 7.10. The molecule has 2 aromatic rings. The van der Waals surface area contributed by atoms with Gasteiger partial charge in [0.1, 0.15) is 10.8 Å². The van der Waals surface area contributed by atoms with Crippen molar-refractivity contribution in [3.05, 3.63) is 41.2 Å². The zero-order valence-electron chi connectivity index (χ0n) is 9.69. The van der Waals surface area contributed by atoms with Crippen LogP contribution in [-0.4, -0.2) is 11.5 Å². The maximum atomic E-state index is 13.6. The van der Waals surface area contributed by atoms with Gasteiger partial charge in [0.05, 0.1) is 5.69 Å². The summed E-state index contributed by atoms with van der Waals surface area (Å²) in [5, 5.41) is 2.73. The van der Waals surface area contributed by atoms with E-state index in [0.717, 1.165) is 17.1 Å². The molecule has 1 unspecified atom stereocenters. The predicted molar refractivity (Wildman–Crippen MR) is 69.6 cm³/mol. The van der Waals surface area contributed by atoms with Crippen molar-refractivity contribution < 1.29 is 4.39 Å². The first-order valence-corrected chi connectivity index (χ1v) is 6.50. The van der Waals surface area contributed by atoms with Crippen molar-refractivity contribution in [3.8, 4) is 10.6 Å². The third kappa shape index (κ3) is 2.70. The molecule has 90 valence electrons. The highest BCUT2D eigenvalue weighted by Gasteiger charge is 2.12. The van der Waals surface area contributed by atoms with Crippen LogP contribution in [0.15, 0.2) is 29.6 Å². The molecule has 0 aliphatic heterocycles. The van der Waals surface area contributed by atoms with Crippen LogP contribution in [0.3, 0.4) is 0 Å². The molecular formula is C13H15FN2S. The summed E-state index contributed by atoms with van der Waals surface area (Å²) in [6.07, 6.45) is 0.903. The lowest BCUT2D eigenvalue weighted by atomic mass is 10.1. The van der Waals surface area contributed by atoms with Gasteiger partial charge < -0.3 is 5.73 Å². The quantitative estimate of drug-likeness (QED) is 0.903. The van der Waals surface area contributed by atoms with Crippen molar-refractivity contribution in [1.82, 2.24) is 4.98 Å². The Morgan fingerprint density at radius 2 is 2.18 bits per heavy atom. The molecule has 1 aromatic carbocycles. The summed E-state index contributed by atoms with van der Waals surface area (Å²) < 4.78 is 13.6. The number of nitrogens with two attached hydrogens (primary N) is 1. The van der Waals surface area contributed by atoms with Gasteiger partial charge in [-0.05, 0) is 25.1 Å². The lowest BCUT2D eigenvalue weighted by molar-refractivity contribution is 0.630. The van der Waals surface area contributed by atoms with Crippen LogP contribution < -0.4 is 5.73 Å². The fraction of sp³-hybridized carbons (Fsp3) is 0.308. The second-order valence-electron chi connectivity index (χ2n) is 4.04. The second kappa shape index (κ2) is 5.38. The predicted octanol–water partition coefficient (Wildman–Crippen LogP) is 3.40. The fourth-order valence-electron chi connectivity index (χ4n) is 1.67.